The Balaban J connectivity index is 2.33. The van der Waals surface area contributed by atoms with Crippen molar-refractivity contribution < 1.29 is 19.8 Å². The Morgan fingerprint density at radius 3 is 2.13 bits per heavy atom. The zero-order valence-corrected chi connectivity index (χ0v) is 8.40. The summed E-state index contributed by atoms with van der Waals surface area (Å²) >= 11 is 0. The number of rotatable bonds is 3. The van der Waals surface area contributed by atoms with E-state index < -0.39 is 11.9 Å². The van der Waals surface area contributed by atoms with E-state index in [1.807, 2.05) is 0 Å². The topological polar surface area (TPSA) is 74.6 Å². The Kier molecular flexibility index (Phi) is 2.29. The first-order chi connectivity index (χ1) is 7.03. The molecule has 2 bridgehead atoms. The van der Waals surface area contributed by atoms with Gasteiger partial charge in [-0.3, -0.25) is 0 Å². The van der Waals surface area contributed by atoms with Crippen LogP contribution in [0.2, 0.25) is 0 Å². The van der Waals surface area contributed by atoms with Crippen LogP contribution in [0.15, 0.2) is 11.6 Å². The molecule has 0 saturated heterocycles. The number of hydrogen-bond acceptors (Lipinski definition) is 2. The van der Waals surface area contributed by atoms with E-state index in [-0.39, 0.29) is 11.0 Å². The molecule has 2 N–H and O–H groups in total. The first kappa shape index (κ1) is 10.2. The van der Waals surface area contributed by atoms with Gasteiger partial charge in [-0.05, 0) is 38.0 Å². The van der Waals surface area contributed by atoms with Gasteiger partial charge in [0.05, 0.1) is 5.57 Å². The van der Waals surface area contributed by atoms with Crippen molar-refractivity contribution >= 4 is 11.9 Å². The van der Waals surface area contributed by atoms with E-state index in [0.717, 1.165) is 38.2 Å². The third-order valence-corrected chi connectivity index (χ3v) is 3.81. The van der Waals surface area contributed by atoms with Gasteiger partial charge in [-0.15, -0.1) is 0 Å². The molecule has 82 valence electrons. The molecular formula is C11H14O4. The Morgan fingerprint density at radius 2 is 1.80 bits per heavy atom. The quantitative estimate of drug-likeness (QED) is 0.695. The van der Waals surface area contributed by atoms with Crippen molar-refractivity contribution in [1.29, 1.82) is 0 Å². The molecule has 0 aromatic heterocycles. The van der Waals surface area contributed by atoms with Gasteiger partial charge in [-0.1, -0.05) is 0 Å². The third-order valence-electron chi connectivity index (χ3n) is 3.81. The van der Waals surface area contributed by atoms with Crippen LogP contribution in [0.3, 0.4) is 0 Å². The van der Waals surface area contributed by atoms with Crippen LogP contribution in [0, 0.1) is 11.3 Å². The second kappa shape index (κ2) is 3.36. The van der Waals surface area contributed by atoms with Crippen LogP contribution in [0.5, 0.6) is 0 Å². The molecule has 4 nitrogen and oxygen atoms in total. The maximum absolute atomic E-state index is 11.1. The van der Waals surface area contributed by atoms with Crippen LogP contribution in [-0.4, -0.2) is 22.2 Å². The fourth-order valence-electron chi connectivity index (χ4n) is 3.14. The van der Waals surface area contributed by atoms with Crippen LogP contribution in [0.25, 0.3) is 0 Å². The average molecular weight is 210 g/mol. The molecule has 0 radical (unpaired) electrons. The Hall–Kier alpha value is -1.32. The van der Waals surface area contributed by atoms with Gasteiger partial charge < -0.3 is 10.2 Å². The van der Waals surface area contributed by atoms with Gasteiger partial charge in [0.2, 0.25) is 0 Å². The minimum absolute atomic E-state index is 0.106. The van der Waals surface area contributed by atoms with Gasteiger partial charge in [0, 0.05) is 11.5 Å². The molecule has 0 aromatic rings. The van der Waals surface area contributed by atoms with E-state index in [2.05, 4.69) is 0 Å². The largest absolute Gasteiger partial charge is 0.478 e. The summed E-state index contributed by atoms with van der Waals surface area (Å²) in [6.45, 7) is 0. The van der Waals surface area contributed by atoms with Crippen LogP contribution < -0.4 is 0 Å². The van der Waals surface area contributed by atoms with Crippen molar-refractivity contribution in [1.82, 2.24) is 0 Å². The second-order valence-corrected chi connectivity index (χ2v) is 4.63. The number of aliphatic carboxylic acids is 2. The molecule has 4 heteroatoms. The van der Waals surface area contributed by atoms with E-state index in [0.29, 0.717) is 5.92 Å². The lowest BCUT2D eigenvalue weighted by molar-refractivity contribution is -0.136. The monoisotopic (exact) mass is 210 g/mol. The molecule has 2 fully saturated rings. The van der Waals surface area contributed by atoms with Crippen molar-refractivity contribution in [3.63, 3.8) is 0 Å². The van der Waals surface area contributed by atoms with Crippen LogP contribution in [0.1, 0.15) is 32.1 Å². The molecule has 0 atom stereocenters. The fraction of sp³-hybridized carbons (Fsp3) is 0.636. The number of carbonyl (C=O) groups is 2. The van der Waals surface area contributed by atoms with Crippen molar-refractivity contribution in [2.45, 2.75) is 32.1 Å². The van der Waals surface area contributed by atoms with Crippen LogP contribution >= 0.6 is 0 Å². The van der Waals surface area contributed by atoms with E-state index in [9.17, 15) is 9.59 Å². The lowest BCUT2D eigenvalue weighted by Gasteiger charge is -2.26. The van der Waals surface area contributed by atoms with Gasteiger partial charge >= 0.3 is 11.9 Å². The SMILES string of the molecule is O=C(O)/C=C(\C(=O)O)C12CCC(CC1)C2. The van der Waals surface area contributed by atoms with Crippen molar-refractivity contribution in [2.24, 2.45) is 11.3 Å². The summed E-state index contributed by atoms with van der Waals surface area (Å²) in [6, 6.07) is 0. The smallest absolute Gasteiger partial charge is 0.332 e. The van der Waals surface area contributed by atoms with Crippen LogP contribution in [-0.2, 0) is 9.59 Å². The molecule has 2 aliphatic carbocycles. The maximum atomic E-state index is 11.1. The molecule has 2 aliphatic rings. The highest BCUT2D eigenvalue weighted by atomic mass is 16.4. The van der Waals surface area contributed by atoms with E-state index in [1.54, 1.807) is 0 Å². The predicted octanol–water partition coefficient (Wildman–Crippen LogP) is 1.66. The van der Waals surface area contributed by atoms with Gasteiger partial charge in [0.1, 0.15) is 0 Å². The number of carboxylic acids is 2. The normalized spacial score (nSPS) is 34.4. The number of hydrogen-bond donors (Lipinski definition) is 2. The second-order valence-electron chi connectivity index (χ2n) is 4.63. The molecule has 0 unspecified atom stereocenters. The molecule has 0 aliphatic heterocycles. The highest BCUT2D eigenvalue weighted by Gasteiger charge is 2.49. The summed E-state index contributed by atoms with van der Waals surface area (Å²) in [6.07, 6.45) is 5.51. The van der Waals surface area contributed by atoms with E-state index in [1.165, 1.54) is 0 Å². The molecule has 15 heavy (non-hydrogen) atoms. The first-order valence-electron chi connectivity index (χ1n) is 5.22. The van der Waals surface area contributed by atoms with E-state index >= 15 is 0 Å². The van der Waals surface area contributed by atoms with Crippen LogP contribution in [0.4, 0.5) is 0 Å². The summed E-state index contributed by atoms with van der Waals surface area (Å²) in [4.78, 5) is 21.7. The molecule has 0 spiro atoms. The van der Waals surface area contributed by atoms with Gasteiger partial charge in [0.25, 0.3) is 0 Å². The predicted molar refractivity (Wildman–Crippen MR) is 52.4 cm³/mol. The van der Waals surface area contributed by atoms with Gasteiger partial charge in [0.15, 0.2) is 0 Å². The average Bonchev–Trinajstić information content (AvgIpc) is 2.73. The number of fused-ring (bicyclic) bond motifs is 2. The molecule has 0 aromatic carbocycles. The zero-order chi connectivity index (χ0) is 11.1. The summed E-state index contributed by atoms with van der Waals surface area (Å²) < 4.78 is 0. The zero-order valence-electron chi connectivity index (χ0n) is 8.40. The Labute approximate surface area is 87.6 Å². The lowest BCUT2D eigenvalue weighted by atomic mass is 9.77. The highest BCUT2D eigenvalue weighted by Crippen LogP contribution is 2.57. The summed E-state index contributed by atoms with van der Waals surface area (Å²) in [5.74, 6) is -1.61. The van der Waals surface area contributed by atoms with Crippen molar-refractivity contribution in [2.75, 3.05) is 0 Å². The lowest BCUT2D eigenvalue weighted by Crippen LogP contribution is -2.24. The van der Waals surface area contributed by atoms with Gasteiger partial charge in [-0.25, -0.2) is 9.59 Å². The molecule has 0 heterocycles. The van der Waals surface area contributed by atoms with Gasteiger partial charge in [-0.2, -0.15) is 0 Å². The maximum Gasteiger partial charge on any atom is 0.332 e. The fourth-order valence-corrected chi connectivity index (χ4v) is 3.14. The Morgan fingerprint density at radius 1 is 1.20 bits per heavy atom. The minimum Gasteiger partial charge on any atom is -0.478 e. The minimum atomic E-state index is -1.16. The van der Waals surface area contributed by atoms with Crippen molar-refractivity contribution in [3.8, 4) is 0 Å². The highest BCUT2D eigenvalue weighted by molar-refractivity contribution is 5.96. The third kappa shape index (κ3) is 1.64. The Bertz CT molecular complexity index is 334. The molecular weight excluding hydrogens is 196 g/mol. The first-order valence-corrected chi connectivity index (χ1v) is 5.22. The standard InChI is InChI=1S/C11H14O4/c12-9(13)5-8(10(14)15)11-3-1-7(6-11)2-4-11/h5,7H,1-4,6H2,(H,12,13)(H,14,15)/b8-5+. The summed E-state index contributed by atoms with van der Waals surface area (Å²) in [7, 11) is 0. The summed E-state index contributed by atoms with van der Waals surface area (Å²) in [5, 5.41) is 17.7. The van der Waals surface area contributed by atoms with Crippen molar-refractivity contribution in [3.05, 3.63) is 11.6 Å². The van der Waals surface area contributed by atoms with E-state index in [4.69, 9.17) is 10.2 Å². The molecule has 2 rings (SSSR count). The number of carboxylic acid groups (broad SMARTS) is 2. The molecule has 2 saturated carbocycles. The molecule has 0 amide bonds. The summed E-state index contributed by atoms with van der Waals surface area (Å²) in [5.41, 5.74) is -0.232.